The van der Waals surface area contributed by atoms with Crippen LogP contribution in [-0.2, 0) is 4.74 Å². The minimum absolute atomic E-state index is 0.589. The molecule has 2 nitrogen and oxygen atoms in total. The number of rotatable bonds is 0. The van der Waals surface area contributed by atoms with Crippen molar-refractivity contribution in [3.8, 4) is 0 Å². The molecule has 0 saturated carbocycles. The molecule has 0 bridgehead atoms. The maximum Gasteiger partial charge on any atom is 0.184 e. The normalized spacial score (nSPS) is 18.5. The smallest absolute Gasteiger partial charge is 0.184 e. The summed E-state index contributed by atoms with van der Waals surface area (Å²) >= 11 is 0. The Bertz CT molecular complexity index is 77.6. The third kappa shape index (κ3) is 0.455. The highest BCUT2D eigenvalue weighted by atomic mass is 16.5. The number of allylic oxidation sites excluding steroid dienone is 1. The highest BCUT2D eigenvalue weighted by Gasteiger charge is 1.93. The first-order valence-corrected chi connectivity index (χ1v) is 1.85. The molecule has 1 rings (SSSR count). The van der Waals surface area contributed by atoms with E-state index in [4.69, 9.17) is 0 Å². The van der Waals surface area contributed by atoms with Crippen LogP contribution in [0.15, 0.2) is 5.70 Å². The monoisotopic (exact) mass is 84.0 g/mol. The summed E-state index contributed by atoms with van der Waals surface area (Å²) in [6, 6.07) is 0. The van der Waals surface area contributed by atoms with Crippen molar-refractivity contribution in [3.05, 3.63) is 12.0 Å². The maximum atomic E-state index is 4.66. The fourth-order valence-corrected chi connectivity index (χ4v) is 0.325. The number of hydrogen-bond acceptors (Lipinski definition) is 2. The van der Waals surface area contributed by atoms with Gasteiger partial charge in [-0.3, -0.25) is 0 Å². The van der Waals surface area contributed by atoms with E-state index in [-0.39, 0.29) is 0 Å². The van der Waals surface area contributed by atoms with E-state index in [9.17, 15) is 0 Å². The molecule has 0 unspecified atom stereocenters. The van der Waals surface area contributed by atoms with Crippen LogP contribution in [0.1, 0.15) is 6.92 Å². The van der Waals surface area contributed by atoms with Gasteiger partial charge in [0, 0.05) is 0 Å². The third-order valence-corrected chi connectivity index (χ3v) is 0.635. The molecule has 0 spiro atoms. The highest BCUT2D eigenvalue weighted by Crippen LogP contribution is 1.91. The molecule has 0 aromatic heterocycles. The average molecular weight is 84.1 g/mol. The molecule has 0 aliphatic carbocycles. The van der Waals surface area contributed by atoms with Crippen LogP contribution in [0.4, 0.5) is 0 Å². The minimum atomic E-state index is 0.589. The second kappa shape index (κ2) is 1.20. The summed E-state index contributed by atoms with van der Waals surface area (Å²) in [6.07, 6.45) is 2.62. The van der Waals surface area contributed by atoms with Crippen LogP contribution >= 0.6 is 0 Å². The van der Waals surface area contributed by atoms with E-state index in [2.05, 4.69) is 16.3 Å². The quantitative estimate of drug-likeness (QED) is 0.453. The van der Waals surface area contributed by atoms with E-state index < -0.39 is 0 Å². The van der Waals surface area contributed by atoms with Gasteiger partial charge < -0.3 is 10.1 Å². The zero-order valence-electron chi connectivity index (χ0n) is 3.62. The Morgan fingerprint density at radius 3 is 3.00 bits per heavy atom. The molecule has 1 N–H and O–H groups in total. The summed E-state index contributed by atoms with van der Waals surface area (Å²) in [5.41, 5.74) is 0.981. The van der Waals surface area contributed by atoms with Gasteiger partial charge in [-0.25, -0.2) is 0 Å². The topological polar surface area (TPSA) is 21.3 Å². The van der Waals surface area contributed by atoms with Gasteiger partial charge in [-0.15, -0.1) is 0 Å². The minimum Gasteiger partial charge on any atom is -0.468 e. The van der Waals surface area contributed by atoms with Gasteiger partial charge in [-0.2, -0.15) is 0 Å². The summed E-state index contributed by atoms with van der Waals surface area (Å²) in [6.45, 7) is 2.50. The molecule has 33 valence electrons. The van der Waals surface area contributed by atoms with E-state index in [0.717, 1.165) is 5.70 Å². The van der Waals surface area contributed by atoms with Crippen molar-refractivity contribution in [1.29, 1.82) is 0 Å². The van der Waals surface area contributed by atoms with E-state index in [1.165, 1.54) is 0 Å². The van der Waals surface area contributed by atoms with Crippen LogP contribution in [0.3, 0.4) is 0 Å². The Kier molecular flexibility index (Phi) is 0.708. The molecule has 2 heteroatoms. The lowest BCUT2D eigenvalue weighted by atomic mass is 10.6. The van der Waals surface area contributed by atoms with E-state index in [1.807, 2.05) is 6.92 Å². The lowest BCUT2D eigenvalue weighted by Crippen LogP contribution is -2.04. The van der Waals surface area contributed by atoms with Gasteiger partial charge in [0.25, 0.3) is 0 Å². The van der Waals surface area contributed by atoms with Gasteiger partial charge >= 0.3 is 0 Å². The molecule has 0 fully saturated rings. The van der Waals surface area contributed by atoms with Crippen molar-refractivity contribution in [2.24, 2.45) is 0 Å². The molecule has 1 aliphatic heterocycles. The highest BCUT2D eigenvalue weighted by molar-refractivity contribution is 4.86. The molecule has 1 heterocycles. The summed E-state index contributed by atoms with van der Waals surface area (Å²) in [5.74, 6) is 0. The zero-order valence-corrected chi connectivity index (χ0v) is 3.62. The first kappa shape index (κ1) is 3.53. The second-order valence-electron chi connectivity index (χ2n) is 1.19. The van der Waals surface area contributed by atoms with Crippen molar-refractivity contribution < 1.29 is 4.74 Å². The van der Waals surface area contributed by atoms with E-state index in [0.29, 0.717) is 6.73 Å². The molecule has 0 amide bonds. The molecule has 0 aromatic carbocycles. The SMILES string of the molecule is CC1=[C]OCN1. The van der Waals surface area contributed by atoms with Gasteiger partial charge in [0.15, 0.2) is 13.0 Å². The van der Waals surface area contributed by atoms with Crippen molar-refractivity contribution in [1.82, 2.24) is 5.32 Å². The second-order valence-corrected chi connectivity index (χ2v) is 1.19. The molecule has 0 saturated heterocycles. The first-order chi connectivity index (χ1) is 2.89. The van der Waals surface area contributed by atoms with Crippen LogP contribution in [0.25, 0.3) is 0 Å². The fourth-order valence-electron chi connectivity index (χ4n) is 0.325. The van der Waals surface area contributed by atoms with Gasteiger partial charge in [-0.05, 0) is 6.92 Å². The predicted molar refractivity (Wildman–Crippen MR) is 21.5 cm³/mol. The first-order valence-electron chi connectivity index (χ1n) is 1.85. The van der Waals surface area contributed by atoms with E-state index >= 15 is 0 Å². The number of hydrogen-bond donors (Lipinski definition) is 1. The van der Waals surface area contributed by atoms with Crippen LogP contribution in [0.5, 0.6) is 0 Å². The Morgan fingerprint density at radius 2 is 2.83 bits per heavy atom. The standard InChI is InChI=1S/C4H6NO/c1-4-2-6-3-5-4/h5H,3H2,1H3. The third-order valence-electron chi connectivity index (χ3n) is 0.635. The Labute approximate surface area is 36.8 Å². The average Bonchev–Trinajstić information content (AvgIpc) is 1.86. The molecule has 1 radical (unpaired) electrons. The Hall–Kier alpha value is -0.660. The molecule has 6 heavy (non-hydrogen) atoms. The van der Waals surface area contributed by atoms with Crippen molar-refractivity contribution in [2.45, 2.75) is 6.92 Å². The number of ether oxygens (including phenoxy) is 1. The Balaban J connectivity index is 2.45. The fraction of sp³-hybridized carbons (Fsp3) is 0.500. The Morgan fingerprint density at radius 1 is 2.00 bits per heavy atom. The predicted octanol–water partition coefficient (Wildman–Crippen LogP) is 0.228. The van der Waals surface area contributed by atoms with Crippen LogP contribution in [-0.4, -0.2) is 6.73 Å². The van der Waals surface area contributed by atoms with Crippen LogP contribution in [0.2, 0.25) is 0 Å². The summed E-state index contributed by atoms with van der Waals surface area (Å²) in [4.78, 5) is 0. The van der Waals surface area contributed by atoms with Crippen molar-refractivity contribution in [2.75, 3.05) is 6.73 Å². The molecule has 0 atom stereocenters. The van der Waals surface area contributed by atoms with Crippen molar-refractivity contribution >= 4 is 0 Å². The largest absolute Gasteiger partial charge is 0.468 e. The van der Waals surface area contributed by atoms with Crippen molar-refractivity contribution in [3.63, 3.8) is 0 Å². The zero-order chi connectivity index (χ0) is 4.41. The maximum absolute atomic E-state index is 4.66. The van der Waals surface area contributed by atoms with Crippen LogP contribution < -0.4 is 5.32 Å². The molecular weight excluding hydrogens is 78.1 g/mol. The summed E-state index contributed by atoms with van der Waals surface area (Å²) < 4.78 is 4.66. The van der Waals surface area contributed by atoms with Crippen LogP contribution in [0, 0.1) is 6.26 Å². The number of nitrogens with one attached hydrogen (secondary N) is 1. The van der Waals surface area contributed by atoms with Gasteiger partial charge in [0.05, 0.1) is 5.70 Å². The molecular formula is C4H6NO. The summed E-state index contributed by atoms with van der Waals surface area (Å²) in [7, 11) is 0. The molecule has 1 aliphatic rings. The summed E-state index contributed by atoms with van der Waals surface area (Å²) in [5, 5.41) is 2.90. The lowest BCUT2D eigenvalue weighted by Gasteiger charge is -1.86. The van der Waals surface area contributed by atoms with Gasteiger partial charge in [0.2, 0.25) is 0 Å². The van der Waals surface area contributed by atoms with Gasteiger partial charge in [0.1, 0.15) is 0 Å². The molecule has 0 aromatic rings. The van der Waals surface area contributed by atoms with E-state index in [1.54, 1.807) is 0 Å². The van der Waals surface area contributed by atoms with Gasteiger partial charge in [-0.1, -0.05) is 0 Å². The lowest BCUT2D eigenvalue weighted by molar-refractivity contribution is 0.248.